The minimum atomic E-state index is -1.73. The second-order valence-electron chi connectivity index (χ2n) is 17.4. The second kappa shape index (κ2) is 27.8. The zero-order chi connectivity index (χ0) is 50.7. The normalized spacial score (nSPS) is 18.9. The molecule has 378 valence electrons. The number of carbonyl (C=O) groups excluding carboxylic acids is 8. The van der Waals surface area contributed by atoms with E-state index in [1.807, 2.05) is 13.8 Å². The Hall–Kier alpha value is -5.76. The number of aliphatic hydroxyl groups is 1. The molecular formula is C41H70N12O13S. The molecule has 0 spiro atoms. The van der Waals surface area contributed by atoms with Gasteiger partial charge in [0.2, 0.25) is 47.3 Å². The van der Waals surface area contributed by atoms with Crippen LogP contribution < -0.4 is 49.1 Å². The maximum absolute atomic E-state index is 14.1. The number of aliphatic carboxylic acids is 2. The van der Waals surface area contributed by atoms with Gasteiger partial charge in [-0.15, -0.1) is 0 Å². The van der Waals surface area contributed by atoms with E-state index in [2.05, 4.69) is 49.5 Å². The van der Waals surface area contributed by atoms with Crippen LogP contribution in [0, 0.1) is 11.8 Å². The van der Waals surface area contributed by atoms with Crippen LogP contribution in [0.4, 0.5) is 0 Å². The van der Waals surface area contributed by atoms with Crippen molar-refractivity contribution in [3.8, 4) is 0 Å². The molecular weight excluding hydrogens is 901 g/mol. The smallest absolute Gasteiger partial charge is 0.326 e. The number of nitrogens with zero attached hydrogens (tertiary/aromatic N) is 3. The number of amides is 8. The molecule has 15 N–H and O–H groups in total. The lowest BCUT2D eigenvalue weighted by Crippen LogP contribution is -2.61. The van der Waals surface area contributed by atoms with Crippen LogP contribution in [-0.2, 0) is 47.9 Å². The second-order valence-corrected chi connectivity index (χ2v) is 17.8. The quantitative estimate of drug-likeness (QED) is 0.0161. The minimum Gasteiger partial charge on any atom is -0.481 e. The fraction of sp³-hybridized carbons (Fsp3) is 0.732. The van der Waals surface area contributed by atoms with Gasteiger partial charge in [-0.25, -0.2) is 4.79 Å². The molecule has 0 aromatic heterocycles. The fourth-order valence-corrected chi connectivity index (χ4v) is 7.74. The molecule has 0 aromatic rings. The van der Waals surface area contributed by atoms with Crippen molar-refractivity contribution >= 4 is 77.8 Å². The average Bonchev–Trinajstić information content (AvgIpc) is 3.96. The molecule has 2 aliphatic rings. The van der Waals surface area contributed by atoms with E-state index >= 15 is 0 Å². The molecule has 0 aliphatic carbocycles. The summed E-state index contributed by atoms with van der Waals surface area (Å²) in [5, 5.41) is 44.7. The van der Waals surface area contributed by atoms with Gasteiger partial charge in [0.05, 0.1) is 18.7 Å². The number of nitrogens with two attached hydrogens (primary N) is 3. The van der Waals surface area contributed by atoms with Gasteiger partial charge in [-0.3, -0.25) is 48.1 Å². The molecule has 0 radical (unpaired) electrons. The summed E-state index contributed by atoms with van der Waals surface area (Å²) >= 11 is 4.01. The van der Waals surface area contributed by atoms with Crippen molar-refractivity contribution in [2.45, 2.75) is 147 Å². The molecule has 0 bridgehead atoms. The largest absolute Gasteiger partial charge is 0.481 e. The number of thiol groups is 1. The number of guanidine groups is 1. The van der Waals surface area contributed by atoms with Crippen LogP contribution in [0.1, 0.15) is 92.4 Å². The van der Waals surface area contributed by atoms with E-state index in [4.69, 9.17) is 17.2 Å². The Morgan fingerprint density at radius 3 is 1.70 bits per heavy atom. The molecule has 2 fully saturated rings. The van der Waals surface area contributed by atoms with Crippen molar-refractivity contribution in [1.82, 2.24) is 41.7 Å². The summed E-state index contributed by atoms with van der Waals surface area (Å²) in [5.74, 6) is -9.60. The fourth-order valence-electron chi connectivity index (χ4n) is 7.57. The molecule has 25 nitrogen and oxygen atoms in total. The summed E-state index contributed by atoms with van der Waals surface area (Å²) in [4.78, 5) is 137. The van der Waals surface area contributed by atoms with Gasteiger partial charge in [-0.05, 0) is 70.1 Å². The molecule has 2 saturated heterocycles. The first-order valence-corrected chi connectivity index (χ1v) is 23.0. The molecule has 9 atom stereocenters. The number of hydrogen-bond donors (Lipinski definition) is 13. The van der Waals surface area contributed by atoms with Gasteiger partial charge in [-0.2, -0.15) is 12.6 Å². The van der Waals surface area contributed by atoms with Gasteiger partial charge in [0.25, 0.3) is 0 Å². The minimum absolute atomic E-state index is 0.0182. The van der Waals surface area contributed by atoms with Crippen LogP contribution in [0.25, 0.3) is 0 Å². The highest BCUT2D eigenvalue weighted by molar-refractivity contribution is 7.80. The third-order valence-electron chi connectivity index (χ3n) is 11.1. The predicted molar refractivity (Wildman–Crippen MR) is 244 cm³/mol. The third-order valence-corrected chi connectivity index (χ3v) is 11.5. The SMILES string of the molecule is CC(C)C[C@H](NC(=O)[C@@H](N)CS)C(=O)NCC(=O)N[C@@H](CCCN=C(N)N)C(=O)N1CCC[C@H]1C(=O)N[C@H](C(=O)N[C@@H](CCC(=O)O)C(=O)N1CCC[C@H]1C(=O)N[C@H](C(=O)O)C(C)C)[C@@H](C)O. The number of carbonyl (C=O) groups is 10. The van der Waals surface area contributed by atoms with E-state index in [1.165, 1.54) is 11.8 Å². The summed E-state index contributed by atoms with van der Waals surface area (Å²) in [7, 11) is 0. The summed E-state index contributed by atoms with van der Waals surface area (Å²) in [5.41, 5.74) is 16.6. The monoisotopic (exact) mass is 970 g/mol. The third kappa shape index (κ3) is 18.4. The molecule has 8 amide bonds. The van der Waals surface area contributed by atoms with Crippen LogP contribution >= 0.6 is 12.6 Å². The van der Waals surface area contributed by atoms with Gasteiger partial charge in [-0.1, -0.05) is 27.7 Å². The lowest BCUT2D eigenvalue weighted by Gasteiger charge is -2.32. The highest BCUT2D eigenvalue weighted by Gasteiger charge is 2.42. The maximum atomic E-state index is 14.1. The van der Waals surface area contributed by atoms with Crippen LogP contribution in [0.3, 0.4) is 0 Å². The van der Waals surface area contributed by atoms with Crippen molar-refractivity contribution in [2.24, 2.45) is 34.0 Å². The Morgan fingerprint density at radius 2 is 1.24 bits per heavy atom. The topological polar surface area (TPSA) is 400 Å². The van der Waals surface area contributed by atoms with E-state index in [1.54, 1.807) is 13.8 Å². The molecule has 26 heteroatoms. The number of nitrogens with one attached hydrogen (secondary N) is 6. The number of likely N-dealkylation sites (tertiary alicyclic amines) is 2. The van der Waals surface area contributed by atoms with Crippen molar-refractivity contribution < 1.29 is 63.3 Å². The highest BCUT2D eigenvalue weighted by atomic mass is 32.1. The molecule has 0 saturated carbocycles. The number of aliphatic hydroxyl groups excluding tert-OH is 1. The van der Waals surface area contributed by atoms with Crippen molar-refractivity contribution in [3.05, 3.63) is 0 Å². The first-order chi connectivity index (χ1) is 31.4. The van der Waals surface area contributed by atoms with E-state index in [9.17, 15) is 63.3 Å². The summed E-state index contributed by atoms with van der Waals surface area (Å²) in [6, 6.07) is -10.2. The Morgan fingerprint density at radius 1 is 0.716 bits per heavy atom. The lowest BCUT2D eigenvalue weighted by atomic mass is 10.0. The van der Waals surface area contributed by atoms with Crippen molar-refractivity contribution in [1.29, 1.82) is 0 Å². The highest BCUT2D eigenvalue weighted by Crippen LogP contribution is 2.22. The standard InChI is InChI=1S/C41H70N12O13S/c1-20(2)17-26(49-33(58)23(42)19-67)34(59)46-18-29(55)47-24(9-6-14-45-41(43)44)38(63)52-15-8-11-28(52)36(61)51-32(22(5)54)37(62)48-25(12-13-30(56)57)39(64)53-16-7-10-27(53)35(60)50-31(21(3)4)40(65)66/h20-28,31-32,54,67H,6-19,42H2,1-5H3,(H,46,59)(H,47,55)(H,48,62)(H,49,58)(H,50,60)(H,51,61)(H,56,57)(H,65,66)(H4,43,44,45)/t22-,23+,24+,25+,26+,27+,28+,31+,32+/m1/s1. The Kier molecular flexibility index (Phi) is 23.8. The van der Waals surface area contributed by atoms with Gasteiger partial charge in [0, 0.05) is 31.8 Å². The number of hydrogen-bond acceptors (Lipinski definition) is 14. The van der Waals surface area contributed by atoms with E-state index in [0.29, 0.717) is 12.8 Å². The predicted octanol–water partition coefficient (Wildman–Crippen LogP) is -4.15. The number of carboxylic acid groups (broad SMARTS) is 2. The Balaban J connectivity index is 2.27. The van der Waals surface area contributed by atoms with E-state index in [-0.39, 0.29) is 69.4 Å². The maximum Gasteiger partial charge on any atom is 0.326 e. The summed E-state index contributed by atoms with van der Waals surface area (Å²) in [6.45, 7) is 7.58. The van der Waals surface area contributed by atoms with Crippen molar-refractivity contribution in [3.63, 3.8) is 0 Å². The average molecular weight is 971 g/mol. The number of carboxylic acids is 2. The van der Waals surface area contributed by atoms with Crippen LogP contribution in [0.15, 0.2) is 4.99 Å². The summed E-state index contributed by atoms with van der Waals surface area (Å²) < 4.78 is 0. The van der Waals surface area contributed by atoms with Gasteiger partial charge in [0.15, 0.2) is 5.96 Å². The van der Waals surface area contributed by atoms with Crippen LogP contribution in [0.2, 0.25) is 0 Å². The van der Waals surface area contributed by atoms with E-state index < -0.39 is 139 Å². The van der Waals surface area contributed by atoms with Crippen molar-refractivity contribution in [2.75, 3.05) is 31.9 Å². The molecule has 2 aliphatic heterocycles. The first-order valence-electron chi connectivity index (χ1n) is 22.3. The van der Waals surface area contributed by atoms with Crippen LogP contribution in [0.5, 0.6) is 0 Å². The molecule has 2 heterocycles. The van der Waals surface area contributed by atoms with Gasteiger partial charge < -0.3 is 74.2 Å². The molecule has 0 unspecified atom stereocenters. The Bertz CT molecular complexity index is 1810. The number of aliphatic imine (C=N–C) groups is 1. The first kappa shape index (κ1) is 57.4. The van der Waals surface area contributed by atoms with Crippen LogP contribution in [-0.4, -0.2) is 177 Å². The zero-order valence-corrected chi connectivity index (χ0v) is 39.6. The van der Waals surface area contributed by atoms with Gasteiger partial charge >= 0.3 is 11.9 Å². The molecule has 2 rings (SSSR count). The zero-order valence-electron chi connectivity index (χ0n) is 38.7. The lowest BCUT2D eigenvalue weighted by molar-refractivity contribution is -0.146. The summed E-state index contributed by atoms with van der Waals surface area (Å²) in [6.07, 6.45) is -1.31. The molecule has 67 heavy (non-hydrogen) atoms. The van der Waals surface area contributed by atoms with Gasteiger partial charge in [0.1, 0.15) is 42.3 Å². The van der Waals surface area contributed by atoms with E-state index in [0.717, 1.165) is 4.90 Å². The molecule has 0 aromatic carbocycles. The number of rotatable bonds is 27. The Labute approximate surface area is 394 Å².